The predicted molar refractivity (Wildman–Crippen MR) is 58.9 cm³/mol. The molecular formula is C10H13ClN2O2. The minimum Gasteiger partial charge on any atom is -0.496 e. The molecule has 0 spiro atoms. The van der Waals surface area contributed by atoms with Crippen molar-refractivity contribution in [1.29, 1.82) is 0 Å². The van der Waals surface area contributed by atoms with Gasteiger partial charge in [-0.2, -0.15) is 0 Å². The van der Waals surface area contributed by atoms with Crippen LogP contribution in [0.25, 0.3) is 0 Å². The molecule has 0 radical (unpaired) electrons. The molecule has 1 amide bonds. The number of halogens is 1. The summed E-state index contributed by atoms with van der Waals surface area (Å²) in [6, 6.07) is 2.42. The summed E-state index contributed by atoms with van der Waals surface area (Å²) in [6.07, 6.45) is 0. The summed E-state index contributed by atoms with van der Waals surface area (Å²) in [4.78, 5) is 11.0. The molecule has 0 saturated heterocycles. The largest absolute Gasteiger partial charge is 0.496 e. The lowest BCUT2D eigenvalue weighted by Gasteiger charge is -2.14. The normalized spacial score (nSPS) is 12.3. The first kappa shape index (κ1) is 11.8. The van der Waals surface area contributed by atoms with Gasteiger partial charge in [0, 0.05) is 10.6 Å². The Morgan fingerprint density at radius 3 is 2.60 bits per heavy atom. The van der Waals surface area contributed by atoms with E-state index in [0.29, 0.717) is 16.3 Å². The Kier molecular flexibility index (Phi) is 3.55. The van der Waals surface area contributed by atoms with E-state index in [1.54, 1.807) is 12.1 Å². The van der Waals surface area contributed by atoms with Crippen molar-refractivity contribution in [3.05, 3.63) is 28.3 Å². The van der Waals surface area contributed by atoms with Crippen molar-refractivity contribution in [3.8, 4) is 5.75 Å². The van der Waals surface area contributed by atoms with Crippen molar-refractivity contribution in [2.75, 3.05) is 7.11 Å². The Balaban J connectivity index is 3.27. The highest BCUT2D eigenvalue weighted by Crippen LogP contribution is 2.29. The molecule has 0 saturated carbocycles. The number of amides is 1. The summed E-state index contributed by atoms with van der Waals surface area (Å²) in [5, 5.41) is 0.530. The van der Waals surface area contributed by atoms with Crippen LogP contribution >= 0.6 is 11.6 Å². The van der Waals surface area contributed by atoms with Crippen LogP contribution in [0.1, 0.15) is 17.2 Å². The molecule has 0 aliphatic rings. The predicted octanol–water partition coefficient (Wildman–Crippen LogP) is 1.14. The van der Waals surface area contributed by atoms with Gasteiger partial charge in [-0.15, -0.1) is 0 Å². The molecular weight excluding hydrogens is 216 g/mol. The van der Waals surface area contributed by atoms with E-state index >= 15 is 0 Å². The van der Waals surface area contributed by atoms with Crippen molar-refractivity contribution in [3.63, 3.8) is 0 Å². The number of hydrogen-bond acceptors (Lipinski definition) is 3. The first-order valence-corrected chi connectivity index (χ1v) is 4.74. The fourth-order valence-electron chi connectivity index (χ4n) is 1.24. The minimum absolute atomic E-state index is 0.501. The van der Waals surface area contributed by atoms with Gasteiger partial charge in [-0.25, -0.2) is 0 Å². The fourth-order valence-corrected chi connectivity index (χ4v) is 1.42. The van der Waals surface area contributed by atoms with E-state index in [0.717, 1.165) is 5.56 Å². The van der Waals surface area contributed by atoms with Gasteiger partial charge in [0.25, 0.3) is 0 Å². The highest BCUT2D eigenvalue weighted by Gasteiger charge is 2.18. The van der Waals surface area contributed by atoms with Crippen LogP contribution in [0.3, 0.4) is 0 Å². The molecule has 0 bridgehead atoms. The SMILES string of the molecule is COc1cc(C)c(Cl)cc1C(N)C(N)=O. The Morgan fingerprint density at radius 1 is 1.53 bits per heavy atom. The fraction of sp³-hybridized carbons (Fsp3) is 0.300. The molecule has 0 fully saturated rings. The van der Waals surface area contributed by atoms with Gasteiger partial charge in [-0.3, -0.25) is 4.79 Å². The van der Waals surface area contributed by atoms with Crippen molar-refractivity contribution < 1.29 is 9.53 Å². The van der Waals surface area contributed by atoms with Gasteiger partial charge >= 0.3 is 0 Å². The molecule has 82 valence electrons. The van der Waals surface area contributed by atoms with Crippen LogP contribution in [0.2, 0.25) is 5.02 Å². The van der Waals surface area contributed by atoms with E-state index in [2.05, 4.69) is 0 Å². The first-order chi connectivity index (χ1) is 6.97. The van der Waals surface area contributed by atoms with E-state index in [4.69, 9.17) is 27.8 Å². The first-order valence-electron chi connectivity index (χ1n) is 4.36. The van der Waals surface area contributed by atoms with Crippen LogP contribution in [-0.4, -0.2) is 13.0 Å². The lowest BCUT2D eigenvalue weighted by atomic mass is 10.0. The molecule has 0 aromatic heterocycles. The highest BCUT2D eigenvalue weighted by molar-refractivity contribution is 6.31. The number of primary amides is 1. The standard InChI is InChI=1S/C10H13ClN2O2/c1-5-3-8(15-2)6(4-7(5)11)9(12)10(13)14/h3-4,9H,12H2,1-2H3,(H2,13,14). The van der Waals surface area contributed by atoms with Crippen LogP contribution in [-0.2, 0) is 4.79 Å². The van der Waals surface area contributed by atoms with Gasteiger partial charge < -0.3 is 16.2 Å². The molecule has 1 atom stereocenters. The van der Waals surface area contributed by atoms with Gasteiger partial charge in [0.15, 0.2) is 0 Å². The van der Waals surface area contributed by atoms with Gasteiger partial charge in [0.1, 0.15) is 11.8 Å². The number of methoxy groups -OCH3 is 1. The number of nitrogens with two attached hydrogens (primary N) is 2. The van der Waals surface area contributed by atoms with Crippen LogP contribution in [0.4, 0.5) is 0 Å². The van der Waals surface area contributed by atoms with Crippen LogP contribution in [0.5, 0.6) is 5.75 Å². The summed E-state index contributed by atoms with van der Waals surface area (Å²) in [7, 11) is 1.50. The molecule has 4 nitrogen and oxygen atoms in total. The Morgan fingerprint density at radius 2 is 2.13 bits per heavy atom. The lowest BCUT2D eigenvalue weighted by molar-refractivity contribution is -0.119. The van der Waals surface area contributed by atoms with Crippen LogP contribution in [0.15, 0.2) is 12.1 Å². The highest BCUT2D eigenvalue weighted by atomic mass is 35.5. The second-order valence-electron chi connectivity index (χ2n) is 3.22. The van der Waals surface area contributed by atoms with E-state index < -0.39 is 11.9 Å². The number of ether oxygens (including phenoxy) is 1. The number of carbonyl (C=O) groups is 1. The molecule has 5 heteroatoms. The molecule has 0 heterocycles. The van der Waals surface area contributed by atoms with Gasteiger partial charge in [0.05, 0.1) is 7.11 Å². The second-order valence-corrected chi connectivity index (χ2v) is 3.63. The third kappa shape index (κ3) is 2.40. The smallest absolute Gasteiger partial charge is 0.239 e. The summed E-state index contributed by atoms with van der Waals surface area (Å²) in [5.74, 6) is -0.101. The molecule has 1 rings (SSSR count). The maximum atomic E-state index is 11.0. The monoisotopic (exact) mass is 228 g/mol. The molecule has 4 N–H and O–H groups in total. The van der Waals surface area contributed by atoms with Gasteiger partial charge in [-0.05, 0) is 24.6 Å². The molecule has 1 unspecified atom stereocenters. The van der Waals surface area contributed by atoms with E-state index in [1.807, 2.05) is 6.92 Å². The summed E-state index contributed by atoms with van der Waals surface area (Å²) >= 11 is 5.93. The average Bonchev–Trinajstić information content (AvgIpc) is 2.20. The number of aryl methyl sites for hydroxylation is 1. The van der Waals surface area contributed by atoms with Crippen molar-refractivity contribution in [1.82, 2.24) is 0 Å². The van der Waals surface area contributed by atoms with Gasteiger partial charge in [0.2, 0.25) is 5.91 Å². The quantitative estimate of drug-likeness (QED) is 0.815. The average molecular weight is 229 g/mol. The lowest BCUT2D eigenvalue weighted by Crippen LogP contribution is -2.28. The summed E-state index contributed by atoms with van der Waals surface area (Å²) < 4.78 is 5.11. The molecule has 1 aromatic carbocycles. The zero-order valence-electron chi connectivity index (χ0n) is 8.58. The zero-order valence-corrected chi connectivity index (χ0v) is 9.34. The number of rotatable bonds is 3. The topological polar surface area (TPSA) is 78.3 Å². The third-order valence-electron chi connectivity index (χ3n) is 2.15. The molecule has 0 aliphatic heterocycles. The number of hydrogen-bond donors (Lipinski definition) is 2. The third-order valence-corrected chi connectivity index (χ3v) is 2.56. The van der Waals surface area contributed by atoms with Crippen molar-refractivity contribution in [2.24, 2.45) is 11.5 Å². The minimum atomic E-state index is -0.905. The Bertz CT molecular complexity index is 393. The zero-order chi connectivity index (χ0) is 11.6. The van der Waals surface area contributed by atoms with Crippen LogP contribution in [0, 0.1) is 6.92 Å². The Hall–Kier alpha value is -1.26. The van der Waals surface area contributed by atoms with E-state index in [9.17, 15) is 4.79 Å². The van der Waals surface area contributed by atoms with Crippen molar-refractivity contribution >= 4 is 17.5 Å². The molecule has 0 aliphatic carbocycles. The maximum absolute atomic E-state index is 11.0. The molecule has 1 aromatic rings. The van der Waals surface area contributed by atoms with E-state index in [-0.39, 0.29) is 0 Å². The summed E-state index contributed by atoms with van der Waals surface area (Å²) in [6.45, 7) is 1.84. The van der Waals surface area contributed by atoms with E-state index in [1.165, 1.54) is 7.11 Å². The maximum Gasteiger partial charge on any atom is 0.239 e. The molecule has 15 heavy (non-hydrogen) atoms. The van der Waals surface area contributed by atoms with Gasteiger partial charge in [-0.1, -0.05) is 11.6 Å². The Labute approximate surface area is 93.1 Å². The van der Waals surface area contributed by atoms with Crippen LogP contribution < -0.4 is 16.2 Å². The van der Waals surface area contributed by atoms with Crippen molar-refractivity contribution in [2.45, 2.75) is 13.0 Å². The number of benzene rings is 1. The number of carbonyl (C=O) groups excluding carboxylic acids is 1. The second kappa shape index (κ2) is 4.51. The summed E-state index contributed by atoms with van der Waals surface area (Å²) in [5.41, 5.74) is 12.1.